The van der Waals surface area contributed by atoms with Crippen molar-refractivity contribution >= 4 is 0 Å². The molecule has 2 aromatic carbocycles. The number of halogens is 4. The van der Waals surface area contributed by atoms with Crippen molar-refractivity contribution in [2.75, 3.05) is 0 Å². The molecule has 0 bridgehead atoms. The van der Waals surface area contributed by atoms with E-state index in [1.165, 1.54) is 6.07 Å². The fraction of sp³-hybridized carbons (Fsp3) is 0.250. The first-order valence-electron chi connectivity index (χ1n) is 6.26. The SMILES string of the molecule is CC(C)c1ccc(-c2ccc(F)c(C(F)(F)F)c2)cc1. The molecule has 2 aromatic rings. The van der Waals surface area contributed by atoms with Crippen LogP contribution in [0.3, 0.4) is 0 Å². The zero-order valence-corrected chi connectivity index (χ0v) is 11.1. The molecule has 0 nitrogen and oxygen atoms in total. The minimum atomic E-state index is -4.68. The van der Waals surface area contributed by atoms with Gasteiger partial charge in [0.05, 0.1) is 5.56 Å². The van der Waals surface area contributed by atoms with Gasteiger partial charge in [0, 0.05) is 0 Å². The topological polar surface area (TPSA) is 0 Å². The Hall–Kier alpha value is -1.84. The quantitative estimate of drug-likeness (QED) is 0.626. The third kappa shape index (κ3) is 3.00. The molecule has 0 aliphatic rings. The highest BCUT2D eigenvalue weighted by molar-refractivity contribution is 5.64. The summed E-state index contributed by atoms with van der Waals surface area (Å²) in [6.07, 6.45) is -4.68. The molecule has 0 saturated heterocycles. The van der Waals surface area contributed by atoms with Crippen LogP contribution in [0.5, 0.6) is 0 Å². The summed E-state index contributed by atoms with van der Waals surface area (Å²) >= 11 is 0. The van der Waals surface area contributed by atoms with Crippen LogP contribution < -0.4 is 0 Å². The van der Waals surface area contributed by atoms with Gasteiger partial charge in [-0.25, -0.2) is 4.39 Å². The first-order chi connectivity index (χ1) is 9.29. The number of hydrogen-bond donors (Lipinski definition) is 0. The smallest absolute Gasteiger partial charge is 0.206 e. The Morgan fingerprint density at radius 2 is 1.40 bits per heavy atom. The lowest BCUT2D eigenvalue weighted by Gasteiger charge is -2.11. The number of alkyl halides is 3. The van der Waals surface area contributed by atoms with E-state index < -0.39 is 17.6 Å². The highest BCUT2D eigenvalue weighted by Crippen LogP contribution is 2.34. The van der Waals surface area contributed by atoms with Gasteiger partial charge < -0.3 is 0 Å². The second kappa shape index (κ2) is 5.27. The summed E-state index contributed by atoms with van der Waals surface area (Å²) in [4.78, 5) is 0. The van der Waals surface area contributed by atoms with Crippen molar-refractivity contribution < 1.29 is 17.6 Å². The molecule has 2 rings (SSSR count). The first-order valence-corrected chi connectivity index (χ1v) is 6.26. The number of benzene rings is 2. The predicted molar refractivity (Wildman–Crippen MR) is 70.9 cm³/mol. The molecule has 0 aromatic heterocycles. The van der Waals surface area contributed by atoms with Crippen LogP contribution in [-0.2, 0) is 6.18 Å². The second-order valence-corrected chi connectivity index (χ2v) is 4.97. The van der Waals surface area contributed by atoms with Gasteiger partial charge in [-0.3, -0.25) is 0 Å². The van der Waals surface area contributed by atoms with Crippen LogP contribution in [0.1, 0.15) is 30.9 Å². The molecule has 0 radical (unpaired) electrons. The fourth-order valence-corrected chi connectivity index (χ4v) is 1.98. The first kappa shape index (κ1) is 14.6. The highest BCUT2D eigenvalue weighted by atomic mass is 19.4. The lowest BCUT2D eigenvalue weighted by atomic mass is 9.97. The van der Waals surface area contributed by atoms with E-state index in [-0.39, 0.29) is 0 Å². The van der Waals surface area contributed by atoms with Gasteiger partial charge in [-0.2, -0.15) is 13.2 Å². The van der Waals surface area contributed by atoms with Crippen LogP contribution in [-0.4, -0.2) is 0 Å². The van der Waals surface area contributed by atoms with Gasteiger partial charge in [-0.1, -0.05) is 44.2 Å². The molecule has 0 amide bonds. The average Bonchev–Trinajstić information content (AvgIpc) is 2.38. The Kier molecular flexibility index (Phi) is 3.84. The fourth-order valence-electron chi connectivity index (χ4n) is 1.98. The van der Waals surface area contributed by atoms with E-state index in [4.69, 9.17) is 0 Å². The minimum Gasteiger partial charge on any atom is -0.206 e. The Bertz CT molecular complexity index is 595. The van der Waals surface area contributed by atoms with Crippen LogP contribution in [0.4, 0.5) is 17.6 Å². The molecule has 20 heavy (non-hydrogen) atoms. The summed E-state index contributed by atoms with van der Waals surface area (Å²) in [5, 5.41) is 0. The maximum Gasteiger partial charge on any atom is 0.419 e. The summed E-state index contributed by atoms with van der Waals surface area (Å²) in [5.41, 5.74) is 0.865. The summed E-state index contributed by atoms with van der Waals surface area (Å²) in [7, 11) is 0. The van der Waals surface area contributed by atoms with Crippen LogP contribution in [0.2, 0.25) is 0 Å². The Balaban J connectivity index is 2.43. The standard InChI is InChI=1S/C16H14F4/c1-10(2)11-3-5-12(6-4-11)13-7-8-15(17)14(9-13)16(18,19)20/h3-10H,1-2H3. The molecular formula is C16H14F4. The summed E-state index contributed by atoms with van der Waals surface area (Å²) < 4.78 is 51.3. The van der Waals surface area contributed by atoms with Crippen molar-refractivity contribution in [3.05, 3.63) is 59.4 Å². The van der Waals surface area contributed by atoms with Gasteiger partial charge in [0.1, 0.15) is 5.82 Å². The van der Waals surface area contributed by atoms with E-state index in [9.17, 15) is 17.6 Å². The lowest BCUT2D eigenvalue weighted by molar-refractivity contribution is -0.139. The summed E-state index contributed by atoms with van der Waals surface area (Å²) in [5.74, 6) is -0.900. The van der Waals surface area contributed by atoms with Gasteiger partial charge in [-0.05, 0) is 34.7 Å². The van der Waals surface area contributed by atoms with Crippen molar-refractivity contribution in [3.8, 4) is 11.1 Å². The van der Waals surface area contributed by atoms with Crippen LogP contribution in [0.25, 0.3) is 11.1 Å². The van der Waals surface area contributed by atoms with Crippen molar-refractivity contribution in [3.63, 3.8) is 0 Å². The van der Waals surface area contributed by atoms with Gasteiger partial charge >= 0.3 is 6.18 Å². The molecule has 0 aliphatic heterocycles. The molecule has 0 atom stereocenters. The molecule has 0 N–H and O–H groups in total. The van der Waals surface area contributed by atoms with Gasteiger partial charge in [0.15, 0.2) is 0 Å². The molecule has 0 spiro atoms. The Labute approximate surface area is 115 Å². The molecule has 0 unspecified atom stereocenters. The highest BCUT2D eigenvalue weighted by Gasteiger charge is 2.34. The van der Waals surface area contributed by atoms with Crippen LogP contribution >= 0.6 is 0 Å². The average molecular weight is 282 g/mol. The predicted octanol–water partition coefficient (Wildman–Crippen LogP) is 5.63. The molecule has 0 aliphatic carbocycles. The maximum absolute atomic E-state index is 13.2. The van der Waals surface area contributed by atoms with Crippen molar-refractivity contribution in [1.82, 2.24) is 0 Å². The zero-order valence-electron chi connectivity index (χ0n) is 11.1. The molecule has 0 heterocycles. The van der Waals surface area contributed by atoms with Crippen LogP contribution in [0.15, 0.2) is 42.5 Å². The third-order valence-electron chi connectivity index (χ3n) is 3.18. The molecule has 106 valence electrons. The van der Waals surface area contributed by atoms with Crippen molar-refractivity contribution in [2.24, 2.45) is 0 Å². The third-order valence-corrected chi connectivity index (χ3v) is 3.18. The minimum absolute atomic E-state index is 0.350. The van der Waals surface area contributed by atoms with E-state index in [1.54, 1.807) is 12.1 Å². The summed E-state index contributed by atoms with van der Waals surface area (Å²) in [6, 6.07) is 10.3. The van der Waals surface area contributed by atoms with E-state index in [1.807, 2.05) is 26.0 Å². The molecule has 0 fully saturated rings. The second-order valence-electron chi connectivity index (χ2n) is 4.97. The molecule has 4 heteroatoms. The lowest BCUT2D eigenvalue weighted by Crippen LogP contribution is -2.08. The molecular weight excluding hydrogens is 268 g/mol. The monoisotopic (exact) mass is 282 g/mol. The van der Waals surface area contributed by atoms with Crippen molar-refractivity contribution in [2.45, 2.75) is 25.9 Å². The Morgan fingerprint density at radius 1 is 0.850 bits per heavy atom. The summed E-state index contributed by atoms with van der Waals surface area (Å²) in [6.45, 7) is 4.07. The zero-order chi connectivity index (χ0) is 14.9. The van der Waals surface area contributed by atoms with E-state index in [0.717, 1.165) is 17.7 Å². The maximum atomic E-state index is 13.2. The van der Waals surface area contributed by atoms with Crippen molar-refractivity contribution in [1.29, 1.82) is 0 Å². The Morgan fingerprint density at radius 3 is 1.90 bits per heavy atom. The van der Waals surface area contributed by atoms with Crippen LogP contribution in [0, 0.1) is 5.82 Å². The normalized spacial score (nSPS) is 11.9. The van der Waals surface area contributed by atoms with E-state index >= 15 is 0 Å². The van der Waals surface area contributed by atoms with Gasteiger partial charge in [0.2, 0.25) is 0 Å². The number of hydrogen-bond acceptors (Lipinski definition) is 0. The van der Waals surface area contributed by atoms with Gasteiger partial charge in [0.25, 0.3) is 0 Å². The number of rotatable bonds is 2. The largest absolute Gasteiger partial charge is 0.419 e. The van der Waals surface area contributed by atoms with E-state index in [2.05, 4.69) is 0 Å². The molecule has 0 saturated carbocycles. The van der Waals surface area contributed by atoms with Gasteiger partial charge in [-0.15, -0.1) is 0 Å². The van der Waals surface area contributed by atoms with E-state index in [0.29, 0.717) is 17.0 Å².